The maximum Gasteiger partial charge on any atom is 0.258 e. The minimum absolute atomic E-state index is 0.0426. The number of halogens is 2. The van der Waals surface area contributed by atoms with E-state index in [1.54, 1.807) is 13.8 Å². The highest BCUT2D eigenvalue weighted by atomic mass is 35.5. The Kier molecular flexibility index (Phi) is 5.83. The van der Waals surface area contributed by atoms with Crippen molar-refractivity contribution in [2.45, 2.75) is 26.1 Å². The molecule has 3 heterocycles. The van der Waals surface area contributed by atoms with E-state index in [0.717, 1.165) is 6.07 Å². The zero-order valence-corrected chi connectivity index (χ0v) is 17.8. The van der Waals surface area contributed by atoms with Gasteiger partial charge in [0.25, 0.3) is 5.91 Å². The van der Waals surface area contributed by atoms with Gasteiger partial charge in [-0.15, -0.1) is 0 Å². The number of carbonyl (C=O) groups excluding carboxylic acids is 1. The molecule has 164 valence electrons. The van der Waals surface area contributed by atoms with Crippen LogP contribution in [-0.2, 0) is 4.74 Å². The molecule has 2 aromatic rings. The van der Waals surface area contributed by atoms with Gasteiger partial charge in [-0.25, -0.2) is 14.4 Å². The number of nitrogens with zero attached hydrogens (tertiary/aromatic N) is 3. The third-order valence-corrected chi connectivity index (χ3v) is 5.84. The number of benzene rings is 1. The summed E-state index contributed by atoms with van der Waals surface area (Å²) < 4.78 is 24.7. The zero-order chi connectivity index (χ0) is 22.3. The molecule has 8 nitrogen and oxygen atoms in total. The summed E-state index contributed by atoms with van der Waals surface area (Å²) in [5, 5.41) is 10.4. The topological polar surface area (TPSA) is 111 Å². The lowest BCUT2D eigenvalue weighted by Gasteiger charge is -2.21. The molecule has 2 aliphatic rings. The van der Waals surface area contributed by atoms with Crippen LogP contribution in [0, 0.1) is 19.7 Å². The van der Waals surface area contributed by atoms with Crippen molar-refractivity contribution in [3.05, 3.63) is 57.5 Å². The fourth-order valence-corrected chi connectivity index (χ4v) is 3.67. The molecule has 0 spiro atoms. The first-order chi connectivity index (χ1) is 14.7. The number of aryl methyl sites for hydroxylation is 2. The molecule has 10 heteroatoms. The molecule has 1 unspecified atom stereocenters. The van der Waals surface area contributed by atoms with Crippen molar-refractivity contribution < 1.29 is 23.8 Å². The van der Waals surface area contributed by atoms with E-state index in [0.29, 0.717) is 33.5 Å². The van der Waals surface area contributed by atoms with Gasteiger partial charge >= 0.3 is 0 Å². The molecular formula is C21H22ClFN4O4. The molecule has 0 saturated carbocycles. The van der Waals surface area contributed by atoms with E-state index in [1.807, 2.05) is 0 Å². The van der Waals surface area contributed by atoms with Crippen molar-refractivity contribution >= 4 is 23.1 Å². The van der Waals surface area contributed by atoms with Crippen LogP contribution in [-0.4, -0.2) is 64.4 Å². The van der Waals surface area contributed by atoms with E-state index in [9.17, 15) is 14.3 Å². The summed E-state index contributed by atoms with van der Waals surface area (Å²) in [6, 6.07) is 3.67. The van der Waals surface area contributed by atoms with Gasteiger partial charge in [-0.3, -0.25) is 4.79 Å². The number of amides is 1. The second kappa shape index (κ2) is 8.41. The van der Waals surface area contributed by atoms with E-state index in [2.05, 4.69) is 9.97 Å². The van der Waals surface area contributed by atoms with Crippen LogP contribution in [0.25, 0.3) is 5.57 Å². The van der Waals surface area contributed by atoms with Crippen LogP contribution < -0.4 is 10.5 Å². The molecule has 2 atom stereocenters. The van der Waals surface area contributed by atoms with Crippen LogP contribution >= 0.6 is 11.6 Å². The van der Waals surface area contributed by atoms with Gasteiger partial charge in [-0.1, -0.05) is 11.6 Å². The van der Waals surface area contributed by atoms with Crippen LogP contribution in [0.5, 0.6) is 5.75 Å². The van der Waals surface area contributed by atoms with Gasteiger partial charge in [0.1, 0.15) is 23.8 Å². The molecule has 0 radical (unpaired) electrons. The van der Waals surface area contributed by atoms with Gasteiger partial charge in [-0.05, 0) is 26.0 Å². The number of aliphatic hydroxyl groups excluding tert-OH is 1. The lowest BCUT2D eigenvalue weighted by molar-refractivity contribution is 0.0685. The van der Waals surface area contributed by atoms with Gasteiger partial charge in [0.15, 0.2) is 5.82 Å². The molecule has 1 amide bonds. The van der Waals surface area contributed by atoms with Crippen LogP contribution in [0.1, 0.15) is 27.6 Å². The number of aromatic nitrogens is 2. The van der Waals surface area contributed by atoms with Gasteiger partial charge in [-0.2, -0.15) is 0 Å². The monoisotopic (exact) mass is 448 g/mol. The maximum atomic E-state index is 13.9. The normalized spacial score (nSPS) is 21.1. The van der Waals surface area contributed by atoms with Gasteiger partial charge in [0, 0.05) is 17.3 Å². The summed E-state index contributed by atoms with van der Waals surface area (Å²) in [7, 11) is 0. The Balaban J connectivity index is 1.57. The molecular weight excluding hydrogens is 427 g/mol. The fourth-order valence-electron chi connectivity index (χ4n) is 3.58. The van der Waals surface area contributed by atoms with Crippen molar-refractivity contribution in [1.82, 2.24) is 14.9 Å². The highest BCUT2D eigenvalue weighted by Gasteiger charge is 2.32. The quantitative estimate of drug-likeness (QED) is 0.734. The summed E-state index contributed by atoms with van der Waals surface area (Å²) in [5.74, 6) is -0.473. The highest BCUT2D eigenvalue weighted by Crippen LogP contribution is 2.29. The number of ether oxygens (including phenoxy) is 2. The predicted molar refractivity (Wildman–Crippen MR) is 111 cm³/mol. The van der Waals surface area contributed by atoms with Gasteiger partial charge in [0.05, 0.1) is 48.3 Å². The summed E-state index contributed by atoms with van der Waals surface area (Å²) in [5.41, 5.74) is 8.73. The van der Waals surface area contributed by atoms with Crippen molar-refractivity contribution in [3.63, 3.8) is 0 Å². The number of carbonyl (C=O) groups is 1. The summed E-state index contributed by atoms with van der Waals surface area (Å²) >= 11 is 6.15. The lowest BCUT2D eigenvalue weighted by Crippen LogP contribution is -2.33. The summed E-state index contributed by atoms with van der Waals surface area (Å²) in [6.07, 6.45) is -1.53. The SMILES string of the molecule is Cc1nc(C2=C(N)CN(C(=O)c3ccc(F)cc3OC3COC[C@@H]3O)C2)nc(C)c1Cl. The second-order valence-electron chi connectivity index (χ2n) is 7.60. The zero-order valence-electron chi connectivity index (χ0n) is 17.1. The lowest BCUT2D eigenvalue weighted by atomic mass is 10.1. The van der Waals surface area contributed by atoms with Crippen molar-refractivity contribution in [1.29, 1.82) is 0 Å². The minimum Gasteiger partial charge on any atom is -0.484 e. The Morgan fingerprint density at radius 3 is 2.65 bits per heavy atom. The Hall–Kier alpha value is -2.75. The van der Waals surface area contributed by atoms with E-state index in [1.165, 1.54) is 17.0 Å². The molecule has 1 aromatic carbocycles. The number of hydrogen-bond acceptors (Lipinski definition) is 7. The van der Waals surface area contributed by atoms with E-state index in [-0.39, 0.29) is 43.5 Å². The largest absolute Gasteiger partial charge is 0.484 e. The van der Waals surface area contributed by atoms with E-state index in [4.69, 9.17) is 26.8 Å². The molecule has 4 rings (SSSR count). The minimum atomic E-state index is -0.851. The van der Waals surface area contributed by atoms with Crippen molar-refractivity contribution in [2.24, 2.45) is 5.73 Å². The second-order valence-corrected chi connectivity index (χ2v) is 7.98. The van der Waals surface area contributed by atoms with E-state index < -0.39 is 18.0 Å². The first kappa shape index (κ1) is 21.5. The third-order valence-electron chi connectivity index (χ3n) is 5.29. The van der Waals surface area contributed by atoms with Crippen LogP contribution in [0.4, 0.5) is 4.39 Å². The molecule has 1 fully saturated rings. The molecule has 1 saturated heterocycles. The predicted octanol–water partition coefficient (Wildman–Crippen LogP) is 1.85. The fraction of sp³-hybridized carbons (Fsp3) is 0.381. The first-order valence-electron chi connectivity index (χ1n) is 9.74. The number of hydrogen-bond donors (Lipinski definition) is 2. The molecule has 2 aliphatic heterocycles. The number of aliphatic hydroxyl groups is 1. The van der Waals surface area contributed by atoms with E-state index >= 15 is 0 Å². The van der Waals surface area contributed by atoms with Crippen molar-refractivity contribution in [3.8, 4) is 5.75 Å². The third kappa shape index (κ3) is 4.21. The Morgan fingerprint density at radius 2 is 2.00 bits per heavy atom. The summed E-state index contributed by atoms with van der Waals surface area (Å²) in [4.78, 5) is 23.5. The van der Waals surface area contributed by atoms with Crippen LogP contribution in [0.2, 0.25) is 5.02 Å². The smallest absolute Gasteiger partial charge is 0.258 e. The summed E-state index contributed by atoms with van der Waals surface area (Å²) in [6.45, 7) is 4.19. The number of rotatable bonds is 4. The van der Waals surface area contributed by atoms with Gasteiger partial charge < -0.3 is 25.2 Å². The highest BCUT2D eigenvalue weighted by molar-refractivity contribution is 6.31. The molecule has 31 heavy (non-hydrogen) atoms. The molecule has 3 N–H and O–H groups in total. The van der Waals surface area contributed by atoms with Crippen LogP contribution in [0.3, 0.4) is 0 Å². The average Bonchev–Trinajstić information content (AvgIpc) is 3.31. The first-order valence-corrected chi connectivity index (χ1v) is 10.1. The van der Waals surface area contributed by atoms with Crippen LogP contribution in [0.15, 0.2) is 23.9 Å². The molecule has 0 bridgehead atoms. The average molecular weight is 449 g/mol. The Bertz CT molecular complexity index is 1050. The Morgan fingerprint density at radius 1 is 1.29 bits per heavy atom. The number of nitrogens with two attached hydrogens (primary N) is 1. The standard InChI is InChI=1S/C21H22ClFN4O4/c1-10-19(22)11(2)26-20(25-10)14-6-27(7-15(14)24)21(29)13-4-3-12(23)5-17(13)31-18-9-30-8-16(18)28/h3-5,16,18,28H,6-9,24H2,1-2H3/t16-,18?/m0/s1. The molecule has 1 aromatic heterocycles. The maximum absolute atomic E-state index is 13.9. The van der Waals surface area contributed by atoms with Gasteiger partial charge in [0.2, 0.25) is 0 Å². The molecule has 0 aliphatic carbocycles. The van der Waals surface area contributed by atoms with Crippen molar-refractivity contribution in [2.75, 3.05) is 26.3 Å². The Labute approximate surface area is 183 Å².